The van der Waals surface area contributed by atoms with Gasteiger partial charge in [0.05, 0.1) is 5.02 Å². The third-order valence-corrected chi connectivity index (χ3v) is 5.05. The van der Waals surface area contributed by atoms with Crippen molar-refractivity contribution >= 4 is 49.0 Å². The molecule has 2 aromatic carbocycles. The maximum atomic E-state index is 6.22. The number of alkyl halides is 1. The van der Waals surface area contributed by atoms with Crippen LogP contribution < -0.4 is 4.74 Å². The Morgan fingerprint density at radius 1 is 1.15 bits per heavy atom. The zero-order valence-electron chi connectivity index (χ0n) is 10.6. The van der Waals surface area contributed by atoms with Crippen molar-refractivity contribution in [2.75, 3.05) is 0 Å². The normalized spacial score (nSPS) is 10.9. The summed E-state index contributed by atoms with van der Waals surface area (Å²) in [7, 11) is 0. The molecule has 0 saturated carbocycles. The fourth-order valence-electron chi connectivity index (χ4n) is 2.04. The quantitative estimate of drug-likeness (QED) is 0.512. The van der Waals surface area contributed by atoms with E-state index in [1.54, 1.807) is 11.3 Å². The number of hydrogen-bond acceptors (Lipinski definition) is 2. The molecule has 0 unspecified atom stereocenters. The number of rotatable bonds is 4. The van der Waals surface area contributed by atoms with Crippen molar-refractivity contribution in [3.8, 4) is 5.75 Å². The minimum Gasteiger partial charge on any atom is -0.487 e. The first kappa shape index (κ1) is 13.9. The van der Waals surface area contributed by atoms with Crippen LogP contribution in [0.1, 0.15) is 11.1 Å². The van der Waals surface area contributed by atoms with E-state index in [1.165, 1.54) is 15.6 Å². The van der Waals surface area contributed by atoms with Crippen molar-refractivity contribution in [3.05, 3.63) is 64.0 Å². The van der Waals surface area contributed by atoms with E-state index in [9.17, 15) is 0 Å². The van der Waals surface area contributed by atoms with Crippen LogP contribution in [0.3, 0.4) is 0 Å². The number of benzene rings is 2. The maximum Gasteiger partial charge on any atom is 0.138 e. The third-order valence-electron chi connectivity index (χ3n) is 3.09. The van der Waals surface area contributed by atoms with Crippen LogP contribution >= 0.6 is 38.9 Å². The fraction of sp³-hybridized carbons (Fsp3) is 0.125. The summed E-state index contributed by atoms with van der Waals surface area (Å²) < 4.78 is 7.13. The van der Waals surface area contributed by atoms with Crippen LogP contribution in [0.4, 0.5) is 0 Å². The molecule has 1 heterocycles. The van der Waals surface area contributed by atoms with Crippen LogP contribution in [-0.2, 0) is 11.9 Å². The summed E-state index contributed by atoms with van der Waals surface area (Å²) in [5, 5.41) is 4.85. The van der Waals surface area contributed by atoms with Gasteiger partial charge in [0.15, 0.2) is 0 Å². The summed E-state index contributed by atoms with van der Waals surface area (Å²) in [6.07, 6.45) is 0. The second-order valence-electron chi connectivity index (χ2n) is 4.44. The Bertz CT molecular complexity index is 738. The molecular weight excluding hydrogens is 356 g/mol. The van der Waals surface area contributed by atoms with E-state index in [0.717, 1.165) is 16.6 Å². The van der Waals surface area contributed by atoms with Gasteiger partial charge >= 0.3 is 0 Å². The van der Waals surface area contributed by atoms with Crippen LogP contribution in [0.15, 0.2) is 47.8 Å². The van der Waals surface area contributed by atoms with Crippen molar-refractivity contribution in [3.63, 3.8) is 0 Å². The van der Waals surface area contributed by atoms with Crippen molar-refractivity contribution < 1.29 is 4.74 Å². The number of thiophene rings is 1. The predicted octanol–water partition coefficient (Wildman–Crippen LogP) is 6.03. The second kappa shape index (κ2) is 6.17. The predicted molar refractivity (Wildman–Crippen MR) is 90.2 cm³/mol. The first-order valence-electron chi connectivity index (χ1n) is 6.20. The molecule has 20 heavy (non-hydrogen) atoms. The highest BCUT2D eigenvalue weighted by molar-refractivity contribution is 9.08. The van der Waals surface area contributed by atoms with E-state index in [2.05, 4.69) is 45.6 Å². The SMILES string of the molecule is Clc1cc(CBr)ccc1OCc1csc2ccccc12. The van der Waals surface area contributed by atoms with Crippen LogP contribution in [0.25, 0.3) is 10.1 Å². The summed E-state index contributed by atoms with van der Waals surface area (Å²) in [4.78, 5) is 0. The van der Waals surface area contributed by atoms with Crippen molar-refractivity contribution in [1.82, 2.24) is 0 Å². The van der Waals surface area contributed by atoms with Crippen molar-refractivity contribution in [2.24, 2.45) is 0 Å². The molecule has 0 spiro atoms. The molecule has 0 N–H and O–H groups in total. The molecule has 1 nitrogen and oxygen atoms in total. The Hall–Kier alpha value is -1.03. The first-order valence-corrected chi connectivity index (χ1v) is 8.58. The van der Waals surface area contributed by atoms with Gasteiger partial charge in [0.1, 0.15) is 12.4 Å². The molecule has 0 saturated heterocycles. The molecule has 0 atom stereocenters. The molecule has 0 bridgehead atoms. The Kier molecular flexibility index (Phi) is 4.29. The summed E-state index contributed by atoms with van der Waals surface area (Å²) in [6.45, 7) is 0.539. The smallest absolute Gasteiger partial charge is 0.138 e. The van der Waals surface area contributed by atoms with Gasteiger partial charge in [0.25, 0.3) is 0 Å². The first-order chi connectivity index (χ1) is 9.78. The third kappa shape index (κ3) is 2.85. The number of hydrogen-bond donors (Lipinski definition) is 0. The lowest BCUT2D eigenvalue weighted by Crippen LogP contribution is -1.95. The largest absolute Gasteiger partial charge is 0.487 e. The van der Waals surface area contributed by atoms with Crippen molar-refractivity contribution in [1.29, 1.82) is 0 Å². The van der Waals surface area contributed by atoms with Crippen LogP contribution in [-0.4, -0.2) is 0 Å². The molecule has 0 aliphatic rings. The minimum absolute atomic E-state index is 0.539. The zero-order valence-corrected chi connectivity index (χ0v) is 13.8. The summed E-state index contributed by atoms with van der Waals surface area (Å²) in [5.74, 6) is 0.728. The summed E-state index contributed by atoms with van der Waals surface area (Å²) in [6, 6.07) is 14.2. The van der Waals surface area contributed by atoms with Gasteiger partial charge in [0, 0.05) is 15.6 Å². The topological polar surface area (TPSA) is 9.23 Å². The average molecular weight is 368 g/mol. The van der Waals surface area contributed by atoms with Crippen molar-refractivity contribution in [2.45, 2.75) is 11.9 Å². The van der Waals surface area contributed by atoms with Gasteiger partial charge in [0.2, 0.25) is 0 Å². The Morgan fingerprint density at radius 3 is 2.80 bits per heavy atom. The molecule has 0 radical (unpaired) electrons. The van der Waals surface area contributed by atoms with E-state index in [-0.39, 0.29) is 0 Å². The lowest BCUT2D eigenvalue weighted by atomic mass is 10.2. The number of ether oxygens (including phenoxy) is 1. The van der Waals surface area contributed by atoms with Gasteiger partial charge < -0.3 is 4.74 Å². The molecule has 0 fully saturated rings. The van der Waals surface area contributed by atoms with Gasteiger partial charge in [-0.05, 0) is 34.5 Å². The van der Waals surface area contributed by atoms with E-state index in [0.29, 0.717) is 11.6 Å². The highest BCUT2D eigenvalue weighted by Gasteiger charge is 2.06. The van der Waals surface area contributed by atoms with Crippen LogP contribution in [0.2, 0.25) is 5.02 Å². The molecule has 0 aliphatic heterocycles. The summed E-state index contributed by atoms with van der Waals surface area (Å²) >= 11 is 11.4. The zero-order chi connectivity index (χ0) is 13.9. The molecule has 3 aromatic rings. The Balaban J connectivity index is 1.79. The van der Waals surface area contributed by atoms with Gasteiger partial charge in [-0.3, -0.25) is 0 Å². The van der Waals surface area contributed by atoms with E-state index in [1.807, 2.05) is 18.2 Å². The van der Waals surface area contributed by atoms with E-state index in [4.69, 9.17) is 16.3 Å². The molecular formula is C16H12BrClOS. The lowest BCUT2D eigenvalue weighted by molar-refractivity contribution is 0.308. The molecule has 1 aromatic heterocycles. The van der Waals surface area contributed by atoms with Gasteiger partial charge in [-0.2, -0.15) is 0 Å². The molecule has 4 heteroatoms. The standard InChI is InChI=1S/C16H12BrClOS/c17-8-11-5-6-15(14(18)7-11)19-9-12-10-20-16-4-2-1-3-13(12)16/h1-7,10H,8-9H2. The van der Waals surface area contributed by atoms with E-state index < -0.39 is 0 Å². The average Bonchev–Trinajstić information content (AvgIpc) is 2.89. The Morgan fingerprint density at radius 2 is 2.00 bits per heavy atom. The monoisotopic (exact) mass is 366 g/mol. The van der Waals surface area contributed by atoms with Gasteiger partial charge in [-0.15, -0.1) is 11.3 Å². The Labute approximate surface area is 135 Å². The lowest BCUT2D eigenvalue weighted by Gasteiger charge is -2.08. The van der Waals surface area contributed by atoms with Gasteiger partial charge in [-0.25, -0.2) is 0 Å². The number of halogens is 2. The summed E-state index contributed by atoms with van der Waals surface area (Å²) in [5.41, 5.74) is 2.34. The second-order valence-corrected chi connectivity index (χ2v) is 6.32. The minimum atomic E-state index is 0.539. The fourth-order valence-corrected chi connectivity index (χ4v) is 3.60. The highest BCUT2D eigenvalue weighted by Crippen LogP contribution is 2.30. The van der Waals surface area contributed by atoms with Crippen LogP contribution in [0, 0.1) is 0 Å². The van der Waals surface area contributed by atoms with E-state index >= 15 is 0 Å². The highest BCUT2D eigenvalue weighted by atomic mass is 79.9. The number of fused-ring (bicyclic) bond motifs is 1. The molecule has 0 aliphatic carbocycles. The molecule has 3 rings (SSSR count). The molecule has 102 valence electrons. The van der Waals surface area contributed by atoms with Gasteiger partial charge in [-0.1, -0.05) is 51.8 Å². The maximum absolute atomic E-state index is 6.22. The van der Waals surface area contributed by atoms with Crippen LogP contribution in [0.5, 0.6) is 5.75 Å². The molecule has 0 amide bonds.